The van der Waals surface area contributed by atoms with Gasteiger partial charge in [-0.15, -0.1) is 0 Å². The lowest BCUT2D eigenvalue weighted by Crippen LogP contribution is -2.22. The molecule has 5 heteroatoms. The van der Waals surface area contributed by atoms with Crippen LogP contribution in [0.2, 0.25) is 0 Å². The van der Waals surface area contributed by atoms with Crippen molar-refractivity contribution >= 4 is 28.2 Å². The van der Waals surface area contributed by atoms with Crippen LogP contribution in [-0.4, -0.2) is 15.9 Å². The Kier molecular flexibility index (Phi) is 4.74. The van der Waals surface area contributed by atoms with E-state index in [-0.39, 0.29) is 5.91 Å². The van der Waals surface area contributed by atoms with E-state index in [2.05, 4.69) is 20.6 Å². The molecule has 0 saturated carbocycles. The summed E-state index contributed by atoms with van der Waals surface area (Å²) in [5.74, 6) is -0.161. The average Bonchev–Trinajstić information content (AvgIpc) is 2.73. The van der Waals surface area contributed by atoms with Crippen molar-refractivity contribution in [2.75, 3.05) is 5.32 Å². The zero-order chi connectivity index (χ0) is 18.5. The summed E-state index contributed by atoms with van der Waals surface area (Å²) in [7, 11) is 0. The van der Waals surface area contributed by atoms with Crippen LogP contribution in [0.5, 0.6) is 0 Å². The van der Waals surface area contributed by atoms with Crippen LogP contribution in [0, 0.1) is 0 Å². The SMILES string of the molecule is O=C(NCc1ccccc1)c1cncc(Nc2cccc3cccnc23)c1. The maximum Gasteiger partial charge on any atom is 0.253 e. The van der Waals surface area contributed by atoms with E-state index in [1.54, 1.807) is 24.7 Å². The first-order chi connectivity index (χ1) is 13.3. The lowest BCUT2D eigenvalue weighted by molar-refractivity contribution is 0.0950. The van der Waals surface area contributed by atoms with E-state index in [1.165, 1.54) is 0 Å². The number of aromatic nitrogens is 2. The van der Waals surface area contributed by atoms with Crippen LogP contribution < -0.4 is 10.6 Å². The maximum atomic E-state index is 12.4. The zero-order valence-electron chi connectivity index (χ0n) is 14.6. The molecule has 0 fully saturated rings. The molecule has 0 radical (unpaired) electrons. The van der Waals surface area contributed by atoms with Gasteiger partial charge < -0.3 is 10.6 Å². The molecule has 0 aliphatic carbocycles. The Hall–Kier alpha value is -3.73. The minimum absolute atomic E-state index is 0.161. The molecular formula is C22H18N4O. The molecule has 2 N–H and O–H groups in total. The highest BCUT2D eigenvalue weighted by atomic mass is 16.1. The third-order valence-corrected chi connectivity index (χ3v) is 4.21. The average molecular weight is 354 g/mol. The molecule has 2 heterocycles. The summed E-state index contributed by atoms with van der Waals surface area (Å²) in [5, 5.41) is 7.28. The van der Waals surface area contributed by atoms with Crippen molar-refractivity contribution in [2.45, 2.75) is 6.54 Å². The summed E-state index contributed by atoms with van der Waals surface area (Å²) >= 11 is 0. The summed E-state index contributed by atoms with van der Waals surface area (Å²) in [6.07, 6.45) is 5.02. The van der Waals surface area contributed by atoms with Gasteiger partial charge in [-0.25, -0.2) is 0 Å². The Balaban J connectivity index is 1.51. The molecular weight excluding hydrogens is 336 g/mol. The van der Waals surface area contributed by atoms with Crippen LogP contribution in [0.4, 0.5) is 11.4 Å². The van der Waals surface area contributed by atoms with Gasteiger partial charge in [-0.05, 0) is 23.8 Å². The predicted molar refractivity (Wildman–Crippen MR) is 107 cm³/mol. The quantitative estimate of drug-likeness (QED) is 0.561. The fraction of sp³-hybridized carbons (Fsp3) is 0.0455. The van der Waals surface area contributed by atoms with E-state index in [4.69, 9.17) is 0 Å². The van der Waals surface area contributed by atoms with Crippen LogP contribution in [0.3, 0.4) is 0 Å². The van der Waals surface area contributed by atoms with Gasteiger partial charge in [-0.1, -0.05) is 48.5 Å². The van der Waals surface area contributed by atoms with Crippen LogP contribution in [0.1, 0.15) is 15.9 Å². The van der Waals surface area contributed by atoms with Gasteiger partial charge in [0.15, 0.2) is 0 Å². The molecule has 0 atom stereocenters. The maximum absolute atomic E-state index is 12.4. The van der Waals surface area contributed by atoms with Crippen LogP contribution in [0.15, 0.2) is 85.3 Å². The van der Waals surface area contributed by atoms with Gasteiger partial charge in [0.25, 0.3) is 5.91 Å². The molecule has 132 valence electrons. The highest BCUT2D eigenvalue weighted by molar-refractivity contribution is 5.96. The summed E-state index contributed by atoms with van der Waals surface area (Å²) in [4.78, 5) is 21.1. The van der Waals surface area contributed by atoms with Crippen molar-refractivity contribution in [1.29, 1.82) is 0 Å². The minimum Gasteiger partial charge on any atom is -0.352 e. The Bertz CT molecular complexity index is 1070. The number of amides is 1. The first-order valence-electron chi connectivity index (χ1n) is 8.67. The smallest absolute Gasteiger partial charge is 0.253 e. The number of nitrogens with one attached hydrogen (secondary N) is 2. The fourth-order valence-electron chi connectivity index (χ4n) is 2.87. The van der Waals surface area contributed by atoms with Crippen LogP contribution in [-0.2, 0) is 6.54 Å². The molecule has 4 aromatic rings. The predicted octanol–water partition coefficient (Wildman–Crippen LogP) is 4.30. The van der Waals surface area contributed by atoms with E-state index in [1.807, 2.05) is 60.7 Å². The number of carbonyl (C=O) groups is 1. The fourth-order valence-corrected chi connectivity index (χ4v) is 2.87. The Morgan fingerprint density at radius 3 is 2.67 bits per heavy atom. The van der Waals surface area contributed by atoms with E-state index < -0.39 is 0 Å². The summed E-state index contributed by atoms with van der Waals surface area (Å²) in [5.41, 5.74) is 4.04. The number of benzene rings is 2. The molecule has 27 heavy (non-hydrogen) atoms. The van der Waals surface area contributed by atoms with E-state index in [9.17, 15) is 4.79 Å². The highest BCUT2D eigenvalue weighted by Gasteiger charge is 2.08. The highest BCUT2D eigenvalue weighted by Crippen LogP contribution is 2.24. The minimum atomic E-state index is -0.161. The first-order valence-corrected chi connectivity index (χ1v) is 8.67. The van der Waals surface area contributed by atoms with Gasteiger partial charge in [-0.3, -0.25) is 14.8 Å². The van der Waals surface area contributed by atoms with Crippen molar-refractivity contribution < 1.29 is 4.79 Å². The van der Waals surface area contributed by atoms with E-state index in [0.717, 1.165) is 27.8 Å². The molecule has 2 aromatic carbocycles. The topological polar surface area (TPSA) is 66.9 Å². The number of pyridine rings is 2. The molecule has 2 aromatic heterocycles. The summed E-state index contributed by atoms with van der Waals surface area (Å²) < 4.78 is 0. The molecule has 4 rings (SSSR count). The normalized spacial score (nSPS) is 10.5. The molecule has 1 amide bonds. The number of fused-ring (bicyclic) bond motifs is 1. The summed E-state index contributed by atoms with van der Waals surface area (Å²) in [6, 6.07) is 21.4. The van der Waals surface area contributed by atoms with Crippen molar-refractivity contribution in [3.63, 3.8) is 0 Å². The summed E-state index contributed by atoms with van der Waals surface area (Å²) in [6.45, 7) is 0.477. The lowest BCUT2D eigenvalue weighted by atomic mass is 10.2. The molecule has 0 aliphatic heterocycles. The number of hydrogen-bond donors (Lipinski definition) is 2. The van der Waals surface area contributed by atoms with Crippen molar-refractivity contribution in [3.05, 3.63) is 96.4 Å². The number of para-hydroxylation sites is 1. The molecule has 0 spiro atoms. The lowest BCUT2D eigenvalue weighted by Gasteiger charge is -2.10. The Morgan fingerprint density at radius 1 is 0.926 bits per heavy atom. The van der Waals surface area contributed by atoms with Gasteiger partial charge in [0.2, 0.25) is 0 Å². The second-order valence-electron chi connectivity index (χ2n) is 6.14. The Labute approximate surface area is 157 Å². The van der Waals surface area contributed by atoms with Crippen molar-refractivity contribution in [3.8, 4) is 0 Å². The van der Waals surface area contributed by atoms with Crippen LogP contribution >= 0.6 is 0 Å². The number of nitrogens with zero attached hydrogens (tertiary/aromatic N) is 2. The second kappa shape index (κ2) is 7.66. The van der Waals surface area contributed by atoms with Gasteiger partial charge in [0.1, 0.15) is 0 Å². The molecule has 0 saturated heterocycles. The monoisotopic (exact) mass is 354 g/mol. The number of hydrogen-bond acceptors (Lipinski definition) is 4. The van der Waals surface area contributed by atoms with Crippen molar-refractivity contribution in [1.82, 2.24) is 15.3 Å². The van der Waals surface area contributed by atoms with E-state index >= 15 is 0 Å². The molecule has 0 bridgehead atoms. The Morgan fingerprint density at radius 2 is 1.78 bits per heavy atom. The second-order valence-corrected chi connectivity index (χ2v) is 6.14. The third kappa shape index (κ3) is 3.93. The molecule has 0 unspecified atom stereocenters. The molecule has 0 aliphatic rings. The van der Waals surface area contributed by atoms with Crippen LogP contribution in [0.25, 0.3) is 10.9 Å². The van der Waals surface area contributed by atoms with Gasteiger partial charge in [-0.2, -0.15) is 0 Å². The van der Waals surface area contributed by atoms with Crippen molar-refractivity contribution in [2.24, 2.45) is 0 Å². The van der Waals surface area contributed by atoms with Gasteiger partial charge in [0.05, 0.1) is 28.7 Å². The van der Waals surface area contributed by atoms with Gasteiger partial charge >= 0.3 is 0 Å². The number of anilines is 2. The zero-order valence-corrected chi connectivity index (χ0v) is 14.6. The first kappa shape index (κ1) is 16.7. The van der Waals surface area contributed by atoms with Gasteiger partial charge in [0, 0.05) is 24.3 Å². The largest absolute Gasteiger partial charge is 0.352 e. The third-order valence-electron chi connectivity index (χ3n) is 4.21. The molecule has 5 nitrogen and oxygen atoms in total. The standard InChI is InChI=1S/C22H18N4O/c27-22(25-13-16-6-2-1-3-7-16)18-12-19(15-23-14-18)26-20-10-4-8-17-9-5-11-24-21(17)20/h1-12,14-15,26H,13H2,(H,25,27). The number of carbonyl (C=O) groups excluding carboxylic acids is 1. The van der Waals surface area contributed by atoms with E-state index in [0.29, 0.717) is 12.1 Å². The number of rotatable bonds is 5.